The van der Waals surface area contributed by atoms with Crippen molar-refractivity contribution in [2.75, 3.05) is 12.4 Å². The monoisotopic (exact) mass is 303 g/mol. The van der Waals surface area contributed by atoms with Gasteiger partial charge in [-0.3, -0.25) is 9.59 Å². The highest BCUT2D eigenvalue weighted by atomic mass is 32.2. The minimum absolute atomic E-state index is 0.229. The lowest BCUT2D eigenvalue weighted by atomic mass is 10.3. The van der Waals surface area contributed by atoms with Gasteiger partial charge in [0.05, 0.1) is 18.0 Å². The van der Waals surface area contributed by atoms with Gasteiger partial charge in [0, 0.05) is 6.07 Å². The van der Waals surface area contributed by atoms with Crippen LogP contribution in [0.2, 0.25) is 0 Å². The van der Waals surface area contributed by atoms with E-state index in [1.165, 1.54) is 7.11 Å². The molecule has 0 spiro atoms. The second-order valence-electron chi connectivity index (χ2n) is 4.06. The van der Waals surface area contributed by atoms with Crippen LogP contribution in [-0.2, 0) is 14.3 Å². The third-order valence-corrected chi connectivity index (χ3v) is 3.72. The molecule has 7 heteroatoms. The highest BCUT2D eigenvalue weighted by Crippen LogP contribution is 2.21. The molecule has 20 heavy (non-hydrogen) atoms. The number of hydrogen-bond donors (Lipinski definition) is 1. The van der Waals surface area contributed by atoms with Gasteiger partial charge in [0.25, 0.3) is 0 Å². The molecule has 0 fully saturated rings. The number of thioether (sulfide) groups is 1. The molecule has 1 aromatic carbocycles. The first-order valence-corrected chi connectivity index (χ1v) is 6.78. The molecule has 1 aromatic rings. The van der Waals surface area contributed by atoms with E-state index in [0.717, 1.165) is 30.0 Å². The predicted octanol–water partition coefficient (Wildman–Crippen LogP) is 2.59. The van der Waals surface area contributed by atoms with Crippen LogP contribution in [0.15, 0.2) is 18.2 Å². The van der Waals surface area contributed by atoms with Crippen LogP contribution in [0.3, 0.4) is 0 Å². The summed E-state index contributed by atoms with van der Waals surface area (Å²) < 4.78 is 30.9. The van der Waals surface area contributed by atoms with Crippen LogP contribution in [-0.4, -0.2) is 29.5 Å². The fourth-order valence-corrected chi connectivity index (χ4v) is 2.42. The van der Waals surface area contributed by atoms with Crippen molar-refractivity contribution in [1.82, 2.24) is 0 Å². The number of methoxy groups -OCH3 is 1. The van der Waals surface area contributed by atoms with E-state index in [9.17, 15) is 18.4 Å². The molecule has 1 amide bonds. The first-order chi connectivity index (χ1) is 9.35. The Bertz CT molecular complexity index is 510. The first-order valence-electron chi connectivity index (χ1n) is 5.84. The van der Waals surface area contributed by atoms with Gasteiger partial charge in [0.1, 0.15) is 16.9 Å². The average Bonchev–Trinajstić information content (AvgIpc) is 2.41. The van der Waals surface area contributed by atoms with E-state index in [2.05, 4.69) is 10.1 Å². The minimum Gasteiger partial charge on any atom is -0.468 e. The van der Waals surface area contributed by atoms with Crippen LogP contribution in [0.25, 0.3) is 0 Å². The lowest BCUT2D eigenvalue weighted by Gasteiger charge is -2.15. The SMILES string of the molecule is COC(=O)C(C)SC(C)C(=O)Nc1cc(F)ccc1F. The number of rotatable bonds is 5. The van der Waals surface area contributed by atoms with E-state index in [1.54, 1.807) is 13.8 Å². The molecule has 0 aliphatic rings. The van der Waals surface area contributed by atoms with Crippen LogP contribution < -0.4 is 5.32 Å². The van der Waals surface area contributed by atoms with Gasteiger partial charge < -0.3 is 10.1 Å². The smallest absolute Gasteiger partial charge is 0.318 e. The Morgan fingerprint density at radius 1 is 1.25 bits per heavy atom. The van der Waals surface area contributed by atoms with Gasteiger partial charge >= 0.3 is 5.97 Å². The Hall–Kier alpha value is -1.63. The second kappa shape index (κ2) is 7.23. The predicted molar refractivity (Wildman–Crippen MR) is 73.5 cm³/mol. The third-order valence-electron chi connectivity index (χ3n) is 2.50. The first kappa shape index (κ1) is 16.4. The molecule has 2 unspecified atom stereocenters. The Morgan fingerprint density at radius 2 is 1.90 bits per heavy atom. The number of anilines is 1. The number of carbonyl (C=O) groups excluding carboxylic acids is 2. The normalized spacial score (nSPS) is 13.4. The number of nitrogens with one attached hydrogen (secondary N) is 1. The quantitative estimate of drug-likeness (QED) is 0.850. The highest BCUT2D eigenvalue weighted by molar-refractivity contribution is 8.01. The Kier molecular flexibility index (Phi) is 5.94. The van der Waals surface area contributed by atoms with Crippen molar-refractivity contribution in [1.29, 1.82) is 0 Å². The standard InChI is InChI=1S/C13H15F2NO3S/c1-7(20-8(2)13(18)19-3)12(17)16-11-6-9(14)4-5-10(11)15/h4-8H,1-3H3,(H,16,17). The van der Waals surface area contributed by atoms with E-state index in [-0.39, 0.29) is 5.69 Å². The summed E-state index contributed by atoms with van der Waals surface area (Å²) in [5.41, 5.74) is -0.229. The number of ether oxygens (including phenoxy) is 1. The molecular formula is C13H15F2NO3S. The molecule has 1 N–H and O–H groups in total. The zero-order chi connectivity index (χ0) is 15.3. The second-order valence-corrected chi connectivity index (χ2v) is 5.74. The molecule has 0 heterocycles. The summed E-state index contributed by atoms with van der Waals surface area (Å²) in [6.45, 7) is 3.17. The fourth-order valence-electron chi connectivity index (χ4n) is 1.42. The molecule has 0 saturated heterocycles. The largest absolute Gasteiger partial charge is 0.468 e. The van der Waals surface area contributed by atoms with Crippen molar-refractivity contribution in [2.45, 2.75) is 24.3 Å². The molecule has 0 saturated carbocycles. The van der Waals surface area contributed by atoms with Gasteiger partial charge in [0.15, 0.2) is 0 Å². The van der Waals surface area contributed by atoms with Gasteiger partial charge in [-0.25, -0.2) is 8.78 Å². The minimum atomic E-state index is -0.724. The molecule has 0 aliphatic heterocycles. The summed E-state index contributed by atoms with van der Waals surface area (Å²) in [7, 11) is 1.26. The van der Waals surface area contributed by atoms with Gasteiger partial charge in [-0.15, -0.1) is 11.8 Å². The number of hydrogen-bond acceptors (Lipinski definition) is 4. The van der Waals surface area contributed by atoms with E-state index >= 15 is 0 Å². The van der Waals surface area contributed by atoms with E-state index in [0.29, 0.717) is 0 Å². The van der Waals surface area contributed by atoms with Gasteiger partial charge in [-0.2, -0.15) is 0 Å². The van der Waals surface area contributed by atoms with E-state index < -0.39 is 34.0 Å². The molecule has 1 rings (SSSR count). The molecule has 2 atom stereocenters. The lowest BCUT2D eigenvalue weighted by molar-refractivity contribution is -0.139. The van der Waals surface area contributed by atoms with Gasteiger partial charge in [-0.05, 0) is 26.0 Å². The molecule has 110 valence electrons. The van der Waals surface area contributed by atoms with Crippen LogP contribution in [0.5, 0.6) is 0 Å². The summed E-state index contributed by atoms with van der Waals surface area (Å²) >= 11 is 1.07. The number of carbonyl (C=O) groups is 2. The Labute approximate surface area is 119 Å². The molecule has 0 bridgehead atoms. The number of amides is 1. The molecule has 0 aliphatic carbocycles. The van der Waals surface area contributed by atoms with Crippen molar-refractivity contribution in [3.05, 3.63) is 29.8 Å². The Morgan fingerprint density at radius 3 is 2.50 bits per heavy atom. The summed E-state index contributed by atoms with van der Waals surface area (Å²) in [6.07, 6.45) is 0. The van der Waals surface area contributed by atoms with E-state index in [1.807, 2.05) is 0 Å². The molecule has 0 aromatic heterocycles. The fraction of sp³-hybridized carbons (Fsp3) is 0.385. The van der Waals surface area contributed by atoms with Gasteiger partial charge in [-0.1, -0.05) is 0 Å². The molecule has 0 radical (unpaired) electrons. The highest BCUT2D eigenvalue weighted by Gasteiger charge is 2.22. The van der Waals surface area contributed by atoms with Crippen molar-refractivity contribution >= 4 is 29.3 Å². The summed E-state index contributed by atoms with van der Waals surface area (Å²) in [5.74, 6) is -2.34. The van der Waals surface area contributed by atoms with Crippen molar-refractivity contribution < 1.29 is 23.1 Å². The molecular weight excluding hydrogens is 288 g/mol. The Balaban J connectivity index is 2.66. The lowest BCUT2D eigenvalue weighted by Crippen LogP contribution is -2.27. The third kappa shape index (κ3) is 4.48. The maximum Gasteiger partial charge on any atom is 0.318 e. The topological polar surface area (TPSA) is 55.4 Å². The summed E-state index contributed by atoms with van der Waals surface area (Å²) in [6, 6.07) is 2.79. The maximum atomic E-state index is 13.4. The zero-order valence-electron chi connectivity index (χ0n) is 11.3. The van der Waals surface area contributed by atoms with Crippen LogP contribution >= 0.6 is 11.8 Å². The number of esters is 1. The number of benzene rings is 1. The van der Waals surface area contributed by atoms with E-state index in [4.69, 9.17) is 0 Å². The van der Waals surface area contributed by atoms with Crippen LogP contribution in [0.1, 0.15) is 13.8 Å². The van der Waals surface area contributed by atoms with Crippen molar-refractivity contribution in [2.24, 2.45) is 0 Å². The zero-order valence-corrected chi connectivity index (χ0v) is 12.1. The maximum absolute atomic E-state index is 13.4. The van der Waals surface area contributed by atoms with Crippen molar-refractivity contribution in [3.63, 3.8) is 0 Å². The van der Waals surface area contributed by atoms with Crippen LogP contribution in [0, 0.1) is 11.6 Å². The summed E-state index contributed by atoms with van der Waals surface area (Å²) in [4.78, 5) is 23.1. The van der Waals surface area contributed by atoms with Gasteiger partial charge in [0.2, 0.25) is 5.91 Å². The number of halogens is 2. The molecule has 4 nitrogen and oxygen atoms in total. The average molecular weight is 303 g/mol. The van der Waals surface area contributed by atoms with Crippen molar-refractivity contribution in [3.8, 4) is 0 Å². The van der Waals surface area contributed by atoms with Crippen LogP contribution in [0.4, 0.5) is 14.5 Å². The summed E-state index contributed by atoms with van der Waals surface area (Å²) in [5, 5.41) is 1.14.